The molecule has 1 aliphatic heterocycles. The van der Waals surface area contributed by atoms with Gasteiger partial charge in [0.15, 0.2) is 9.84 Å². The molecule has 2 amide bonds. The summed E-state index contributed by atoms with van der Waals surface area (Å²) in [5.41, 5.74) is 1.79. The first-order chi connectivity index (χ1) is 27.3. The average molecular weight is 859 g/mol. The largest absolute Gasteiger partial charge is 0.382 e. The van der Waals surface area contributed by atoms with Gasteiger partial charge >= 0.3 is 0 Å². The van der Waals surface area contributed by atoms with Crippen molar-refractivity contribution in [2.24, 2.45) is 0 Å². The number of ether oxygens (including phenoxy) is 3. The molecule has 0 aromatic heterocycles. The van der Waals surface area contributed by atoms with Crippen LogP contribution in [0, 0.1) is 0 Å². The van der Waals surface area contributed by atoms with Crippen LogP contribution < -0.4 is 14.5 Å². The van der Waals surface area contributed by atoms with Crippen LogP contribution in [-0.4, -0.2) is 132 Å². The number of nitrogens with one attached hydrogen (secondary N) is 1. The Morgan fingerprint density at radius 1 is 0.632 bits per heavy atom. The molecule has 0 aliphatic carbocycles. The number of sulfone groups is 1. The molecule has 0 spiro atoms. The molecule has 1 aliphatic rings. The summed E-state index contributed by atoms with van der Waals surface area (Å²) in [6, 6.07) is 21.5. The second-order valence-electron chi connectivity index (χ2n) is 13.5. The predicted molar refractivity (Wildman–Crippen MR) is 231 cm³/mol. The number of hydrogen-bond donors (Lipinski definition) is 1. The molecule has 1 heterocycles. The fourth-order valence-electron chi connectivity index (χ4n) is 6.36. The van der Waals surface area contributed by atoms with Gasteiger partial charge in [0.25, 0.3) is 11.8 Å². The number of carbonyl (C=O) groups is 2. The van der Waals surface area contributed by atoms with E-state index in [9.17, 15) is 26.4 Å². The average Bonchev–Trinajstić information content (AvgIpc) is 3.41. The number of imide groups is 1. The van der Waals surface area contributed by atoms with E-state index < -0.39 is 31.7 Å². The Bertz CT molecular complexity index is 2170. The fraction of sp³-hybridized carbons (Fsp3) is 0.400. The van der Waals surface area contributed by atoms with E-state index in [-0.39, 0.29) is 69.6 Å². The maximum atomic E-state index is 13.7. The standard InChI is InChI=1S/C40H50N4O9S4/c1-42(2)33-15-6-13-31-29(33)11-8-17-35(31)56(47,48)28-10-26-54-37-38(40(46)44(39(37)45)20-21-52-24-25-53-23-22-51-5)55-27-19-41-57(49,50)36-18-9-12-30-32(36)14-7-16-34(30)43(3)4/h6-9,11-18,41H,10,19-28H2,1-5H3. The highest BCUT2D eigenvalue weighted by Gasteiger charge is 2.38. The second-order valence-corrected chi connectivity index (χ2v) is 19.5. The van der Waals surface area contributed by atoms with Crippen LogP contribution in [0.4, 0.5) is 11.4 Å². The molecule has 0 saturated heterocycles. The summed E-state index contributed by atoms with van der Waals surface area (Å²) < 4.78 is 72.9. The molecule has 17 heteroatoms. The number of sulfonamides is 1. The molecule has 0 radical (unpaired) electrons. The van der Waals surface area contributed by atoms with Crippen LogP contribution in [0.3, 0.4) is 0 Å². The van der Waals surface area contributed by atoms with Crippen LogP contribution >= 0.6 is 23.5 Å². The van der Waals surface area contributed by atoms with Crippen molar-refractivity contribution < 1.29 is 40.6 Å². The third-order valence-corrected chi connectivity index (χ3v) is 14.8. The SMILES string of the molecule is COCCOCCOCCN1C(=O)C(SCCCS(=O)(=O)c2cccc3c(N(C)C)cccc23)=C(SCCNS(=O)(=O)c2cccc3c(N(C)C)cccc23)C1=O. The molecule has 13 nitrogen and oxygen atoms in total. The highest BCUT2D eigenvalue weighted by atomic mass is 32.2. The van der Waals surface area contributed by atoms with Crippen molar-refractivity contribution in [2.45, 2.75) is 16.2 Å². The minimum absolute atomic E-state index is 0.00926. The lowest BCUT2D eigenvalue weighted by atomic mass is 10.1. The monoisotopic (exact) mass is 858 g/mol. The van der Waals surface area contributed by atoms with Crippen molar-refractivity contribution in [1.82, 2.24) is 9.62 Å². The van der Waals surface area contributed by atoms with Crippen LogP contribution in [0.2, 0.25) is 0 Å². The number of fused-ring (bicyclic) bond motifs is 2. The van der Waals surface area contributed by atoms with Crippen molar-refractivity contribution in [3.63, 3.8) is 0 Å². The third kappa shape index (κ3) is 10.9. The van der Waals surface area contributed by atoms with E-state index in [1.165, 1.54) is 0 Å². The van der Waals surface area contributed by atoms with Crippen molar-refractivity contribution >= 4 is 88.1 Å². The summed E-state index contributed by atoms with van der Waals surface area (Å²) >= 11 is 2.23. The Balaban J connectivity index is 1.25. The zero-order valence-electron chi connectivity index (χ0n) is 32.9. The highest BCUT2D eigenvalue weighted by Crippen LogP contribution is 2.37. The number of hydrogen-bond acceptors (Lipinski definition) is 13. The predicted octanol–water partition coefficient (Wildman–Crippen LogP) is 4.99. The lowest BCUT2D eigenvalue weighted by Gasteiger charge is -2.17. The van der Waals surface area contributed by atoms with Gasteiger partial charge in [-0.25, -0.2) is 21.6 Å². The minimum Gasteiger partial charge on any atom is -0.382 e. The number of thioether (sulfide) groups is 2. The van der Waals surface area contributed by atoms with Crippen molar-refractivity contribution in [3.05, 3.63) is 82.6 Å². The molecule has 0 bridgehead atoms. The fourth-order valence-corrected chi connectivity index (χ4v) is 11.6. The Hall–Kier alpha value is -3.68. The van der Waals surface area contributed by atoms with Gasteiger partial charge in [-0.1, -0.05) is 48.5 Å². The van der Waals surface area contributed by atoms with E-state index >= 15 is 0 Å². The maximum Gasteiger partial charge on any atom is 0.268 e. The molecule has 0 unspecified atom stereocenters. The van der Waals surface area contributed by atoms with Gasteiger partial charge in [0, 0.05) is 80.5 Å². The molecule has 0 atom stereocenters. The number of rotatable bonds is 23. The number of benzene rings is 4. The quantitative estimate of drug-likeness (QED) is 0.0789. The molecular formula is C40H50N4O9S4. The first kappa shape index (κ1) is 44.4. The first-order valence-corrected chi connectivity index (χ1v) is 23.5. The number of nitrogens with zero attached hydrogens (tertiary/aromatic N) is 3. The molecule has 5 rings (SSSR count). The van der Waals surface area contributed by atoms with Crippen LogP contribution in [0.1, 0.15) is 6.42 Å². The number of methoxy groups -OCH3 is 1. The summed E-state index contributed by atoms with van der Waals surface area (Å²) in [6.07, 6.45) is 0.228. The lowest BCUT2D eigenvalue weighted by Crippen LogP contribution is -2.34. The lowest BCUT2D eigenvalue weighted by molar-refractivity contribution is -0.138. The van der Waals surface area contributed by atoms with Crippen LogP contribution in [0.15, 0.2) is 92.4 Å². The van der Waals surface area contributed by atoms with E-state index in [1.807, 2.05) is 74.4 Å². The zero-order valence-corrected chi connectivity index (χ0v) is 36.1. The van der Waals surface area contributed by atoms with Gasteiger partial charge in [0.1, 0.15) is 0 Å². The van der Waals surface area contributed by atoms with Gasteiger partial charge in [-0.2, -0.15) is 0 Å². The summed E-state index contributed by atoms with van der Waals surface area (Å²) in [4.78, 5) is 33.1. The topological polar surface area (TPSA) is 152 Å². The minimum atomic E-state index is -3.93. The molecular weight excluding hydrogens is 809 g/mol. The molecule has 4 aromatic rings. The van der Waals surface area contributed by atoms with Crippen LogP contribution in [0.25, 0.3) is 21.5 Å². The normalized spacial score (nSPS) is 13.7. The molecule has 1 N–H and O–H groups in total. The van der Waals surface area contributed by atoms with E-state index in [0.717, 1.165) is 50.6 Å². The van der Waals surface area contributed by atoms with Crippen molar-refractivity contribution in [1.29, 1.82) is 0 Å². The molecule has 308 valence electrons. The van der Waals surface area contributed by atoms with Gasteiger partial charge in [-0.15, -0.1) is 23.5 Å². The van der Waals surface area contributed by atoms with Crippen LogP contribution in [0.5, 0.6) is 0 Å². The smallest absolute Gasteiger partial charge is 0.268 e. The van der Waals surface area contributed by atoms with Gasteiger partial charge in [0.05, 0.1) is 64.9 Å². The van der Waals surface area contributed by atoms with E-state index in [2.05, 4.69) is 4.72 Å². The number of anilines is 2. The van der Waals surface area contributed by atoms with Crippen molar-refractivity contribution in [3.8, 4) is 0 Å². The van der Waals surface area contributed by atoms with Gasteiger partial charge in [0.2, 0.25) is 10.0 Å². The Labute approximate surface area is 344 Å². The maximum absolute atomic E-state index is 13.7. The Kier molecular flexibility index (Phi) is 15.8. The molecule has 0 saturated carbocycles. The zero-order chi connectivity index (χ0) is 41.2. The summed E-state index contributed by atoms with van der Waals surface area (Å²) in [6.45, 7) is 1.57. The van der Waals surface area contributed by atoms with E-state index in [1.54, 1.807) is 43.5 Å². The number of carbonyl (C=O) groups excluding carboxylic acids is 2. The summed E-state index contributed by atoms with van der Waals surface area (Å²) in [5, 5.41) is 2.86. The van der Waals surface area contributed by atoms with Gasteiger partial charge in [-0.3, -0.25) is 14.5 Å². The van der Waals surface area contributed by atoms with Crippen molar-refractivity contribution in [2.75, 3.05) is 108 Å². The van der Waals surface area contributed by atoms with E-state index in [0.29, 0.717) is 30.6 Å². The van der Waals surface area contributed by atoms with Gasteiger partial charge < -0.3 is 24.0 Å². The summed E-state index contributed by atoms with van der Waals surface area (Å²) in [7, 11) is 1.56. The highest BCUT2D eigenvalue weighted by molar-refractivity contribution is 8.08. The van der Waals surface area contributed by atoms with E-state index in [4.69, 9.17) is 14.2 Å². The molecule has 4 aromatic carbocycles. The second kappa shape index (κ2) is 20.3. The Morgan fingerprint density at radius 3 is 1.70 bits per heavy atom. The Morgan fingerprint density at radius 2 is 1.12 bits per heavy atom. The number of amides is 2. The summed E-state index contributed by atoms with van der Waals surface area (Å²) in [5.74, 6) is -0.718. The molecule has 0 fully saturated rings. The van der Waals surface area contributed by atoms with Gasteiger partial charge in [-0.05, 0) is 36.4 Å². The third-order valence-electron chi connectivity index (χ3n) is 9.10. The molecule has 57 heavy (non-hydrogen) atoms. The van der Waals surface area contributed by atoms with Crippen LogP contribution in [-0.2, 0) is 43.7 Å². The first-order valence-electron chi connectivity index (χ1n) is 18.4.